The van der Waals surface area contributed by atoms with E-state index >= 15 is 0 Å². The van der Waals surface area contributed by atoms with Crippen LogP contribution in [0.25, 0.3) is 0 Å². The van der Waals surface area contributed by atoms with Gasteiger partial charge in [-0.1, -0.05) is 270 Å². The van der Waals surface area contributed by atoms with E-state index in [2.05, 4.69) is 141 Å². The van der Waals surface area contributed by atoms with Crippen molar-refractivity contribution in [3.63, 3.8) is 0 Å². The molecule has 78 heavy (non-hydrogen) atoms. The third-order valence-corrected chi connectivity index (χ3v) is 14.3. The number of carbonyl (C=O) groups excluding carboxylic acids is 1. The topological polar surface area (TPSA) is 105 Å². The first kappa shape index (κ1) is 74.6. The van der Waals surface area contributed by atoms with Gasteiger partial charge in [-0.05, 0) is 103 Å². The fourth-order valence-electron chi connectivity index (χ4n) is 8.46. The van der Waals surface area contributed by atoms with Gasteiger partial charge >= 0.3 is 7.82 Å². The monoisotopic (exact) mass is 1100 g/mol. The molecule has 3 N–H and O–H groups in total. The van der Waals surface area contributed by atoms with Crippen molar-refractivity contribution in [1.29, 1.82) is 0 Å². The van der Waals surface area contributed by atoms with Crippen LogP contribution in [0.15, 0.2) is 134 Å². The number of hydrogen-bond acceptors (Lipinski definition) is 5. The number of quaternary nitrogens is 1. The molecule has 0 saturated carbocycles. The van der Waals surface area contributed by atoms with Crippen LogP contribution in [0, 0.1) is 0 Å². The summed E-state index contributed by atoms with van der Waals surface area (Å²) in [6, 6.07) is -0.880. The molecule has 9 heteroatoms. The number of amides is 1. The normalized spacial score (nSPS) is 14.7. The molecule has 0 aromatic carbocycles. The van der Waals surface area contributed by atoms with Gasteiger partial charge in [0, 0.05) is 6.42 Å². The maximum Gasteiger partial charge on any atom is 0.472 e. The molecule has 0 heterocycles. The third kappa shape index (κ3) is 60.3. The van der Waals surface area contributed by atoms with Crippen LogP contribution in [0.1, 0.15) is 245 Å². The van der Waals surface area contributed by atoms with E-state index in [4.69, 9.17) is 9.05 Å². The lowest BCUT2D eigenvalue weighted by molar-refractivity contribution is -0.870. The Morgan fingerprint density at radius 2 is 0.782 bits per heavy atom. The quantitative estimate of drug-likeness (QED) is 0.0243. The largest absolute Gasteiger partial charge is 0.472 e. The van der Waals surface area contributed by atoms with Crippen molar-refractivity contribution in [2.24, 2.45) is 0 Å². The van der Waals surface area contributed by atoms with Crippen LogP contribution in [0.2, 0.25) is 0 Å². The summed E-state index contributed by atoms with van der Waals surface area (Å²) in [4.78, 5) is 23.3. The molecule has 0 aromatic heterocycles. The number of nitrogens with one attached hydrogen (secondary N) is 1. The van der Waals surface area contributed by atoms with E-state index in [0.717, 1.165) is 109 Å². The summed E-state index contributed by atoms with van der Waals surface area (Å²) in [7, 11) is 1.53. The molecule has 8 nitrogen and oxygen atoms in total. The Labute approximate surface area is 481 Å². The highest BCUT2D eigenvalue weighted by atomic mass is 31.2. The minimum Gasteiger partial charge on any atom is -0.387 e. The SMILES string of the molecule is CC/C=C\C/C=C\C/C=C\C/C=C\C/C=C\C/C=C\C/C=C\C/C=C\C/C=C\CCCCCCCCCC(=O)NC(COP(=O)(O)OCC[N+](C)(C)C)C(O)/C=C/CC/C=C/CCCCCCCCCCCCCCCCC. The number of phosphoric acid groups is 1. The third-order valence-electron chi connectivity index (χ3n) is 13.4. The zero-order valence-electron chi connectivity index (χ0n) is 50.9. The number of carbonyl (C=O) groups is 1. The molecule has 446 valence electrons. The lowest BCUT2D eigenvalue weighted by Crippen LogP contribution is -2.45. The lowest BCUT2D eigenvalue weighted by Gasteiger charge is -2.25. The number of nitrogens with zero attached hydrogens (tertiary/aromatic N) is 1. The minimum atomic E-state index is -4.37. The van der Waals surface area contributed by atoms with Crippen LogP contribution in [-0.2, 0) is 18.4 Å². The van der Waals surface area contributed by atoms with Crippen molar-refractivity contribution in [2.75, 3.05) is 40.9 Å². The maximum absolute atomic E-state index is 13.0. The molecule has 0 spiro atoms. The fraction of sp³-hybridized carbons (Fsp3) is 0.667. The molecule has 0 radical (unpaired) electrons. The summed E-state index contributed by atoms with van der Waals surface area (Å²) in [6.45, 7) is 4.67. The second-order valence-electron chi connectivity index (χ2n) is 22.0. The highest BCUT2D eigenvalue weighted by molar-refractivity contribution is 7.47. The van der Waals surface area contributed by atoms with Crippen LogP contribution in [0.3, 0.4) is 0 Å². The molecule has 0 aliphatic heterocycles. The highest BCUT2D eigenvalue weighted by Gasteiger charge is 2.27. The Kier molecular flexibility index (Phi) is 55.8. The van der Waals surface area contributed by atoms with Crippen molar-refractivity contribution < 1.29 is 32.9 Å². The molecule has 0 aliphatic rings. The van der Waals surface area contributed by atoms with Gasteiger partial charge in [0.2, 0.25) is 5.91 Å². The summed E-state index contributed by atoms with van der Waals surface area (Å²) in [5.41, 5.74) is 0. The number of likely N-dealkylation sites (N-methyl/N-ethyl adjacent to an activating group) is 1. The predicted molar refractivity (Wildman–Crippen MR) is 341 cm³/mol. The molecule has 0 saturated heterocycles. The summed E-state index contributed by atoms with van der Waals surface area (Å²) in [6.07, 6.45) is 88.5. The Morgan fingerprint density at radius 3 is 1.18 bits per heavy atom. The average Bonchev–Trinajstić information content (AvgIpc) is 3.41. The van der Waals surface area contributed by atoms with Crippen molar-refractivity contribution in [3.05, 3.63) is 134 Å². The second kappa shape index (κ2) is 58.3. The summed E-state index contributed by atoms with van der Waals surface area (Å²) >= 11 is 0. The highest BCUT2D eigenvalue weighted by Crippen LogP contribution is 2.43. The van der Waals surface area contributed by atoms with Gasteiger partial charge in [-0.25, -0.2) is 4.57 Å². The van der Waals surface area contributed by atoms with Crippen LogP contribution in [0.4, 0.5) is 0 Å². The van der Waals surface area contributed by atoms with Crippen LogP contribution in [-0.4, -0.2) is 73.4 Å². The van der Waals surface area contributed by atoms with E-state index in [-0.39, 0.29) is 19.1 Å². The number of allylic oxidation sites excluding steroid dienone is 21. The minimum absolute atomic E-state index is 0.0470. The van der Waals surface area contributed by atoms with Gasteiger partial charge in [0.1, 0.15) is 13.2 Å². The number of rotatable bonds is 56. The fourth-order valence-corrected chi connectivity index (χ4v) is 9.20. The Balaban J connectivity index is 4.25. The zero-order chi connectivity index (χ0) is 57.0. The van der Waals surface area contributed by atoms with Gasteiger partial charge in [0.15, 0.2) is 0 Å². The van der Waals surface area contributed by atoms with Gasteiger partial charge in [-0.3, -0.25) is 13.8 Å². The Morgan fingerprint density at radius 1 is 0.449 bits per heavy atom. The van der Waals surface area contributed by atoms with Crippen LogP contribution >= 0.6 is 7.82 Å². The molecule has 0 aliphatic carbocycles. The molecular weight excluding hydrogens is 984 g/mol. The van der Waals surface area contributed by atoms with Crippen molar-refractivity contribution in [2.45, 2.75) is 257 Å². The van der Waals surface area contributed by atoms with Gasteiger partial charge in [-0.15, -0.1) is 0 Å². The van der Waals surface area contributed by atoms with Crippen LogP contribution < -0.4 is 5.32 Å². The van der Waals surface area contributed by atoms with Gasteiger partial charge in [0.05, 0.1) is 39.9 Å². The lowest BCUT2D eigenvalue weighted by atomic mass is 10.0. The Hall–Kier alpha value is -3.36. The van der Waals surface area contributed by atoms with Crippen molar-refractivity contribution in [1.82, 2.24) is 5.32 Å². The van der Waals surface area contributed by atoms with Crippen molar-refractivity contribution >= 4 is 13.7 Å². The van der Waals surface area contributed by atoms with Crippen LogP contribution in [0.5, 0.6) is 0 Å². The first-order valence-electron chi connectivity index (χ1n) is 31.6. The van der Waals surface area contributed by atoms with Gasteiger partial charge in [0.25, 0.3) is 0 Å². The molecule has 3 atom stereocenters. The Bertz CT molecular complexity index is 1730. The maximum atomic E-state index is 13.0. The van der Waals surface area contributed by atoms with E-state index in [1.807, 2.05) is 27.2 Å². The average molecular weight is 1100 g/mol. The molecule has 3 unspecified atom stereocenters. The van der Waals surface area contributed by atoms with E-state index in [9.17, 15) is 19.4 Å². The molecular formula is C69H120N2O6P+. The summed E-state index contributed by atoms with van der Waals surface area (Å²) in [5, 5.41) is 13.9. The summed E-state index contributed by atoms with van der Waals surface area (Å²) in [5.74, 6) is -0.202. The van der Waals surface area contributed by atoms with E-state index < -0.39 is 20.0 Å². The number of unbranched alkanes of at least 4 members (excludes halogenated alkanes) is 23. The molecule has 0 aromatic rings. The number of aliphatic hydroxyl groups is 1. The molecule has 0 fully saturated rings. The standard InChI is InChI=1S/C69H119N2O6P/c1-6-8-10-12-14-16-18-20-22-24-26-28-29-30-31-32-33-34-35-36-37-38-39-40-41-43-45-47-49-51-53-55-57-59-61-63-69(73)70-67(66-77-78(74,75)76-65-64-71(3,4)5)68(72)62-60-58-56-54-52-50-48-46-44-42-27-25-23-21-19-17-15-13-11-9-7-2/h8,10,14,16,20,22,26,28,30-31,33-34,36-37,39-40,43,45,52,54,60,62,67-68,72H,6-7,9,11-13,15,17-19,21,23-25,27,29,32,35,38,41-42,44,46-51,53,55-59,61,63-66H2,1-5H3,(H-,70,73,74,75)/p+1/b10-8-,16-14-,22-20-,28-26-,31-30-,34-33-,37-36-,40-39-,45-43-,54-52+,62-60+. The zero-order valence-corrected chi connectivity index (χ0v) is 51.7. The van der Waals surface area contributed by atoms with E-state index in [1.54, 1.807) is 6.08 Å². The van der Waals surface area contributed by atoms with E-state index in [1.165, 1.54) is 116 Å². The first-order chi connectivity index (χ1) is 38.0. The van der Waals surface area contributed by atoms with Crippen molar-refractivity contribution in [3.8, 4) is 0 Å². The number of aliphatic hydroxyl groups excluding tert-OH is 1. The second-order valence-corrected chi connectivity index (χ2v) is 23.5. The molecule has 0 bridgehead atoms. The van der Waals surface area contributed by atoms with E-state index in [0.29, 0.717) is 17.4 Å². The first-order valence-corrected chi connectivity index (χ1v) is 33.1. The number of phosphoric ester groups is 1. The van der Waals surface area contributed by atoms with Gasteiger partial charge < -0.3 is 19.8 Å². The predicted octanol–water partition coefficient (Wildman–Crippen LogP) is 19.9. The van der Waals surface area contributed by atoms with Gasteiger partial charge in [-0.2, -0.15) is 0 Å². The molecule has 0 rings (SSSR count). The smallest absolute Gasteiger partial charge is 0.387 e. The number of hydrogen-bond donors (Lipinski definition) is 3. The summed E-state index contributed by atoms with van der Waals surface area (Å²) < 4.78 is 23.7. The molecule has 1 amide bonds.